The monoisotopic (exact) mass is 277 g/mol. The van der Waals surface area contributed by atoms with Crippen molar-refractivity contribution in [2.75, 3.05) is 17.2 Å². The standard InChI is InChI=1S/C13H16ClN5/c1-2-3-9-15-12-17-11(14)18-13(19-12)16-10-7-5-4-6-8-10/h4-8H,2-3,9H2,1H3,(H2,15,16,17,18,19). The SMILES string of the molecule is CCCCNc1nc(Cl)nc(Nc2ccccc2)n1. The summed E-state index contributed by atoms with van der Waals surface area (Å²) >= 11 is 5.89. The van der Waals surface area contributed by atoms with Crippen molar-refractivity contribution in [1.29, 1.82) is 0 Å². The predicted molar refractivity (Wildman–Crippen MR) is 78.0 cm³/mol. The number of halogens is 1. The van der Waals surface area contributed by atoms with Crippen LogP contribution in [0.3, 0.4) is 0 Å². The first kappa shape index (κ1) is 13.5. The Labute approximate surface area is 117 Å². The van der Waals surface area contributed by atoms with Gasteiger partial charge in [-0.1, -0.05) is 31.5 Å². The Morgan fingerprint density at radius 3 is 2.53 bits per heavy atom. The number of hydrogen-bond acceptors (Lipinski definition) is 5. The topological polar surface area (TPSA) is 62.7 Å². The lowest BCUT2D eigenvalue weighted by Gasteiger charge is -2.07. The molecule has 2 aromatic rings. The highest BCUT2D eigenvalue weighted by Crippen LogP contribution is 2.15. The van der Waals surface area contributed by atoms with Crippen LogP contribution in [0.1, 0.15) is 19.8 Å². The van der Waals surface area contributed by atoms with Crippen LogP contribution in [0.15, 0.2) is 30.3 Å². The highest BCUT2D eigenvalue weighted by molar-refractivity contribution is 6.28. The van der Waals surface area contributed by atoms with E-state index in [9.17, 15) is 0 Å². The highest BCUT2D eigenvalue weighted by atomic mass is 35.5. The molecule has 0 bridgehead atoms. The summed E-state index contributed by atoms with van der Waals surface area (Å²) in [4.78, 5) is 12.4. The van der Waals surface area contributed by atoms with E-state index < -0.39 is 0 Å². The average Bonchev–Trinajstić information content (AvgIpc) is 2.39. The number of nitrogens with one attached hydrogen (secondary N) is 2. The van der Waals surface area contributed by atoms with Crippen LogP contribution in [-0.4, -0.2) is 21.5 Å². The van der Waals surface area contributed by atoms with Crippen molar-refractivity contribution in [3.05, 3.63) is 35.6 Å². The van der Waals surface area contributed by atoms with Crippen LogP contribution in [0.5, 0.6) is 0 Å². The maximum atomic E-state index is 5.89. The van der Waals surface area contributed by atoms with Gasteiger partial charge in [0, 0.05) is 12.2 Å². The molecule has 0 amide bonds. The second kappa shape index (κ2) is 6.89. The van der Waals surface area contributed by atoms with Crippen molar-refractivity contribution < 1.29 is 0 Å². The first-order valence-electron chi connectivity index (χ1n) is 6.25. The minimum Gasteiger partial charge on any atom is -0.354 e. The lowest BCUT2D eigenvalue weighted by molar-refractivity contribution is 0.824. The van der Waals surface area contributed by atoms with E-state index in [0.29, 0.717) is 11.9 Å². The quantitative estimate of drug-likeness (QED) is 0.792. The molecule has 0 atom stereocenters. The fraction of sp³-hybridized carbons (Fsp3) is 0.308. The molecule has 0 aliphatic carbocycles. The Kier molecular flexibility index (Phi) is 4.92. The van der Waals surface area contributed by atoms with Crippen LogP contribution in [0, 0.1) is 0 Å². The summed E-state index contributed by atoms with van der Waals surface area (Å²) in [6, 6.07) is 9.68. The molecule has 0 fully saturated rings. The summed E-state index contributed by atoms with van der Waals surface area (Å²) in [5.41, 5.74) is 0.907. The first-order chi connectivity index (χ1) is 9.28. The molecule has 100 valence electrons. The van der Waals surface area contributed by atoms with Crippen molar-refractivity contribution in [2.45, 2.75) is 19.8 Å². The number of rotatable bonds is 6. The molecule has 0 radical (unpaired) electrons. The molecule has 0 saturated heterocycles. The van der Waals surface area contributed by atoms with E-state index >= 15 is 0 Å². The summed E-state index contributed by atoms with van der Waals surface area (Å²) in [7, 11) is 0. The van der Waals surface area contributed by atoms with Gasteiger partial charge >= 0.3 is 0 Å². The number of unbranched alkanes of at least 4 members (excludes halogenated alkanes) is 1. The Bertz CT molecular complexity index is 518. The number of nitrogens with zero attached hydrogens (tertiary/aromatic N) is 3. The van der Waals surface area contributed by atoms with Crippen LogP contribution in [-0.2, 0) is 0 Å². The van der Waals surface area contributed by atoms with E-state index in [0.717, 1.165) is 25.1 Å². The molecule has 2 N–H and O–H groups in total. The lowest BCUT2D eigenvalue weighted by atomic mass is 10.3. The smallest absolute Gasteiger partial charge is 0.233 e. The maximum absolute atomic E-state index is 5.89. The molecule has 19 heavy (non-hydrogen) atoms. The predicted octanol–water partition coefficient (Wildman–Crippen LogP) is 3.48. The Hall–Kier alpha value is -1.88. The van der Waals surface area contributed by atoms with Crippen LogP contribution in [0.25, 0.3) is 0 Å². The van der Waals surface area contributed by atoms with Gasteiger partial charge in [-0.15, -0.1) is 0 Å². The van der Waals surface area contributed by atoms with E-state index in [-0.39, 0.29) is 5.28 Å². The molecule has 5 nitrogen and oxygen atoms in total. The van der Waals surface area contributed by atoms with Crippen molar-refractivity contribution in [2.24, 2.45) is 0 Å². The van der Waals surface area contributed by atoms with Gasteiger partial charge in [-0.05, 0) is 30.2 Å². The third kappa shape index (κ3) is 4.37. The number of aromatic nitrogens is 3. The molecule has 0 unspecified atom stereocenters. The van der Waals surface area contributed by atoms with Crippen molar-refractivity contribution in [1.82, 2.24) is 15.0 Å². The van der Waals surface area contributed by atoms with Crippen LogP contribution in [0.2, 0.25) is 5.28 Å². The summed E-state index contributed by atoms with van der Waals surface area (Å²) in [6.07, 6.45) is 2.17. The molecular formula is C13H16ClN5. The first-order valence-corrected chi connectivity index (χ1v) is 6.63. The van der Waals surface area contributed by atoms with E-state index in [2.05, 4.69) is 32.5 Å². The van der Waals surface area contributed by atoms with Gasteiger partial charge in [0.2, 0.25) is 17.2 Å². The maximum Gasteiger partial charge on any atom is 0.233 e. The number of hydrogen-bond donors (Lipinski definition) is 2. The van der Waals surface area contributed by atoms with Crippen molar-refractivity contribution >= 4 is 29.2 Å². The summed E-state index contributed by atoms with van der Waals surface area (Å²) < 4.78 is 0. The van der Waals surface area contributed by atoms with Gasteiger partial charge < -0.3 is 10.6 Å². The molecule has 0 aliphatic heterocycles. The molecule has 0 spiro atoms. The van der Waals surface area contributed by atoms with Crippen molar-refractivity contribution in [3.8, 4) is 0 Å². The third-order valence-corrected chi connectivity index (χ3v) is 2.62. The van der Waals surface area contributed by atoms with E-state index in [4.69, 9.17) is 11.6 Å². The molecule has 6 heteroatoms. The zero-order valence-corrected chi connectivity index (χ0v) is 11.5. The molecule has 2 rings (SSSR count). The Balaban J connectivity index is 2.08. The molecule has 1 heterocycles. The second-order valence-electron chi connectivity index (χ2n) is 4.02. The second-order valence-corrected chi connectivity index (χ2v) is 4.36. The molecule has 1 aromatic carbocycles. The molecule has 0 saturated carbocycles. The zero-order valence-electron chi connectivity index (χ0n) is 10.7. The Morgan fingerprint density at radius 1 is 1.05 bits per heavy atom. The van der Waals surface area contributed by atoms with Crippen LogP contribution >= 0.6 is 11.6 Å². The normalized spacial score (nSPS) is 10.2. The number of para-hydroxylation sites is 1. The summed E-state index contributed by atoms with van der Waals surface area (Å²) in [5, 5.41) is 6.39. The summed E-state index contributed by atoms with van der Waals surface area (Å²) in [6.45, 7) is 2.95. The van der Waals surface area contributed by atoms with Gasteiger partial charge in [-0.3, -0.25) is 0 Å². The van der Waals surface area contributed by atoms with E-state index in [1.165, 1.54) is 0 Å². The van der Waals surface area contributed by atoms with E-state index in [1.807, 2.05) is 30.3 Å². The average molecular weight is 278 g/mol. The molecule has 1 aromatic heterocycles. The van der Waals surface area contributed by atoms with Gasteiger partial charge in [0.15, 0.2) is 0 Å². The Morgan fingerprint density at radius 2 is 1.79 bits per heavy atom. The van der Waals surface area contributed by atoms with E-state index in [1.54, 1.807) is 0 Å². The lowest BCUT2D eigenvalue weighted by Crippen LogP contribution is -2.08. The fourth-order valence-electron chi connectivity index (χ4n) is 1.51. The highest BCUT2D eigenvalue weighted by Gasteiger charge is 2.04. The van der Waals surface area contributed by atoms with Gasteiger partial charge in [0.05, 0.1) is 0 Å². The molecular weight excluding hydrogens is 262 g/mol. The number of anilines is 3. The van der Waals surface area contributed by atoms with Gasteiger partial charge in [-0.2, -0.15) is 15.0 Å². The van der Waals surface area contributed by atoms with Gasteiger partial charge in [0.1, 0.15) is 0 Å². The fourth-order valence-corrected chi connectivity index (χ4v) is 1.67. The van der Waals surface area contributed by atoms with Gasteiger partial charge in [0.25, 0.3) is 0 Å². The largest absolute Gasteiger partial charge is 0.354 e. The minimum atomic E-state index is 0.174. The summed E-state index contributed by atoms with van der Waals surface area (Å²) in [5.74, 6) is 0.928. The zero-order chi connectivity index (χ0) is 13.5. The molecule has 0 aliphatic rings. The van der Waals surface area contributed by atoms with Crippen LogP contribution in [0.4, 0.5) is 17.6 Å². The van der Waals surface area contributed by atoms with Crippen LogP contribution < -0.4 is 10.6 Å². The van der Waals surface area contributed by atoms with Gasteiger partial charge in [-0.25, -0.2) is 0 Å². The third-order valence-electron chi connectivity index (χ3n) is 2.45. The number of benzene rings is 1. The minimum absolute atomic E-state index is 0.174. The van der Waals surface area contributed by atoms with Crippen molar-refractivity contribution in [3.63, 3.8) is 0 Å².